The van der Waals surface area contributed by atoms with Gasteiger partial charge in [-0.25, -0.2) is 0 Å². The van der Waals surface area contributed by atoms with Crippen molar-refractivity contribution in [3.8, 4) is 12.3 Å². The second kappa shape index (κ2) is 13.6. The number of terminal acetylenes is 1. The molecule has 31 heavy (non-hydrogen) atoms. The van der Waals surface area contributed by atoms with Gasteiger partial charge in [0, 0.05) is 12.1 Å². The molecule has 2 rings (SSSR count). The van der Waals surface area contributed by atoms with Crippen molar-refractivity contribution in [2.24, 2.45) is 22.7 Å². The molecule has 0 aromatic rings. The lowest BCUT2D eigenvalue weighted by Gasteiger charge is -2.30. The predicted molar refractivity (Wildman–Crippen MR) is 138 cm³/mol. The minimum Gasteiger partial charge on any atom is -0.253 e. The van der Waals surface area contributed by atoms with Gasteiger partial charge in [-0.05, 0) is 82.3 Å². The average Bonchev–Trinajstić information content (AvgIpc) is 2.77. The van der Waals surface area contributed by atoms with Crippen molar-refractivity contribution in [1.29, 1.82) is 0 Å². The molecule has 0 aromatic heterocycles. The SMILES string of the molecule is C#CCCC(CC)CCC1CCCC(CC(N=C(C=C)C2=CCCC(C)=C2)=C(C)C)C1. The summed E-state index contributed by atoms with van der Waals surface area (Å²) in [4.78, 5) is 5.14. The summed E-state index contributed by atoms with van der Waals surface area (Å²) in [5.41, 5.74) is 6.35. The minimum absolute atomic E-state index is 0.766. The second-order valence-electron chi connectivity index (χ2n) is 10.0. The van der Waals surface area contributed by atoms with E-state index in [4.69, 9.17) is 11.4 Å². The maximum atomic E-state index is 5.48. The van der Waals surface area contributed by atoms with Crippen molar-refractivity contribution >= 4 is 5.71 Å². The van der Waals surface area contributed by atoms with Crippen LogP contribution in [-0.2, 0) is 0 Å². The summed E-state index contributed by atoms with van der Waals surface area (Å²) in [6.07, 6.45) is 27.0. The lowest BCUT2D eigenvalue weighted by Crippen LogP contribution is -2.17. The molecule has 0 saturated heterocycles. The summed E-state index contributed by atoms with van der Waals surface area (Å²) in [5.74, 6) is 5.28. The topological polar surface area (TPSA) is 12.4 Å². The van der Waals surface area contributed by atoms with E-state index in [1.807, 2.05) is 6.08 Å². The van der Waals surface area contributed by atoms with E-state index in [9.17, 15) is 0 Å². The molecule has 3 atom stereocenters. The summed E-state index contributed by atoms with van der Waals surface area (Å²) in [6, 6.07) is 0. The van der Waals surface area contributed by atoms with Gasteiger partial charge >= 0.3 is 0 Å². The van der Waals surface area contributed by atoms with E-state index >= 15 is 0 Å². The number of nitrogens with zero attached hydrogens (tertiary/aromatic N) is 1. The summed E-state index contributed by atoms with van der Waals surface area (Å²) in [5, 5.41) is 0. The normalized spacial score (nSPS) is 22.7. The Kier molecular flexibility index (Phi) is 11.1. The van der Waals surface area contributed by atoms with E-state index in [2.05, 4.69) is 52.3 Å². The van der Waals surface area contributed by atoms with E-state index < -0.39 is 0 Å². The van der Waals surface area contributed by atoms with Gasteiger partial charge in [0.15, 0.2) is 0 Å². The molecule has 0 amide bonds. The molecule has 1 fully saturated rings. The molecular weight excluding hydrogens is 374 g/mol. The Morgan fingerprint density at radius 1 is 1.29 bits per heavy atom. The fraction of sp³-hybridized carbons (Fsp3) is 0.633. The lowest BCUT2D eigenvalue weighted by molar-refractivity contribution is 0.235. The summed E-state index contributed by atoms with van der Waals surface area (Å²) < 4.78 is 0. The first-order valence-corrected chi connectivity index (χ1v) is 12.6. The highest BCUT2D eigenvalue weighted by Gasteiger charge is 2.24. The first-order valence-electron chi connectivity index (χ1n) is 12.6. The van der Waals surface area contributed by atoms with Crippen molar-refractivity contribution in [3.05, 3.63) is 47.2 Å². The fourth-order valence-corrected chi connectivity index (χ4v) is 5.20. The van der Waals surface area contributed by atoms with Crippen LogP contribution in [0.3, 0.4) is 0 Å². The van der Waals surface area contributed by atoms with Crippen molar-refractivity contribution in [3.63, 3.8) is 0 Å². The third-order valence-corrected chi connectivity index (χ3v) is 7.26. The van der Waals surface area contributed by atoms with E-state index in [1.165, 1.54) is 73.8 Å². The molecule has 1 heteroatoms. The van der Waals surface area contributed by atoms with Crippen molar-refractivity contribution in [2.75, 3.05) is 0 Å². The van der Waals surface area contributed by atoms with Gasteiger partial charge in [0.2, 0.25) is 0 Å². The van der Waals surface area contributed by atoms with Gasteiger partial charge in [0.25, 0.3) is 0 Å². The van der Waals surface area contributed by atoms with Crippen LogP contribution in [-0.4, -0.2) is 5.71 Å². The minimum atomic E-state index is 0.766. The van der Waals surface area contributed by atoms with Gasteiger partial charge in [-0.15, -0.1) is 12.3 Å². The Labute approximate surface area is 192 Å². The molecule has 1 nitrogen and oxygen atoms in total. The van der Waals surface area contributed by atoms with Gasteiger partial charge in [-0.2, -0.15) is 0 Å². The van der Waals surface area contributed by atoms with Gasteiger partial charge in [-0.3, -0.25) is 4.99 Å². The van der Waals surface area contributed by atoms with Crippen LogP contribution >= 0.6 is 0 Å². The molecule has 0 radical (unpaired) electrons. The summed E-state index contributed by atoms with van der Waals surface area (Å²) >= 11 is 0. The van der Waals surface area contributed by atoms with Gasteiger partial charge in [-0.1, -0.05) is 75.3 Å². The van der Waals surface area contributed by atoms with Crippen molar-refractivity contribution in [2.45, 2.75) is 105 Å². The van der Waals surface area contributed by atoms with Gasteiger partial charge < -0.3 is 0 Å². The van der Waals surface area contributed by atoms with Crippen LogP contribution in [0, 0.1) is 30.1 Å². The van der Waals surface area contributed by atoms with E-state index in [0.717, 1.165) is 49.1 Å². The van der Waals surface area contributed by atoms with E-state index in [1.54, 1.807) is 0 Å². The van der Waals surface area contributed by atoms with Crippen molar-refractivity contribution < 1.29 is 0 Å². The Bertz CT molecular complexity index is 748. The van der Waals surface area contributed by atoms with E-state index in [-0.39, 0.29) is 0 Å². The Balaban J connectivity index is 2.00. The first kappa shape index (κ1) is 25.5. The van der Waals surface area contributed by atoms with Crippen LogP contribution in [0.2, 0.25) is 0 Å². The molecule has 0 spiro atoms. The maximum absolute atomic E-state index is 5.48. The Morgan fingerprint density at radius 2 is 2.06 bits per heavy atom. The number of hydrogen-bond acceptors (Lipinski definition) is 1. The molecular formula is C30H45N. The third kappa shape index (κ3) is 8.68. The molecule has 170 valence electrons. The zero-order valence-corrected chi connectivity index (χ0v) is 20.7. The smallest absolute Gasteiger partial charge is 0.0696 e. The van der Waals surface area contributed by atoms with E-state index in [0.29, 0.717) is 0 Å². The molecule has 1 saturated carbocycles. The Hall–Kier alpha value is -1.81. The summed E-state index contributed by atoms with van der Waals surface area (Å²) in [7, 11) is 0. The van der Waals surface area contributed by atoms with Gasteiger partial charge in [0.1, 0.15) is 0 Å². The van der Waals surface area contributed by atoms with Crippen LogP contribution in [0.15, 0.2) is 52.2 Å². The number of allylic oxidation sites excluding steroid dienone is 7. The number of aliphatic imine (C=N–C) groups is 1. The van der Waals surface area contributed by atoms with Crippen LogP contribution in [0.4, 0.5) is 0 Å². The molecule has 0 bridgehead atoms. The first-order chi connectivity index (χ1) is 15.0. The quantitative estimate of drug-likeness (QED) is 0.234. The van der Waals surface area contributed by atoms with Gasteiger partial charge in [0.05, 0.1) is 5.71 Å². The largest absolute Gasteiger partial charge is 0.253 e. The molecule has 0 aliphatic heterocycles. The molecule has 2 aliphatic carbocycles. The van der Waals surface area contributed by atoms with Crippen LogP contribution in [0.1, 0.15) is 105 Å². The highest BCUT2D eigenvalue weighted by Crippen LogP contribution is 2.37. The highest BCUT2D eigenvalue weighted by atomic mass is 14.8. The monoisotopic (exact) mass is 419 g/mol. The number of hydrogen-bond donors (Lipinski definition) is 0. The second-order valence-corrected chi connectivity index (χ2v) is 10.0. The highest BCUT2D eigenvalue weighted by molar-refractivity contribution is 6.10. The number of rotatable bonds is 11. The van der Waals surface area contributed by atoms with Crippen molar-refractivity contribution in [1.82, 2.24) is 0 Å². The zero-order valence-electron chi connectivity index (χ0n) is 20.7. The van der Waals surface area contributed by atoms with Crippen LogP contribution < -0.4 is 0 Å². The average molecular weight is 420 g/mol. The lowest BCUT2D eigenvalue weighted by atomic mass is 9.76. The summed E-state index contributed by atoms with van der Waals surface area (Å²) in [6.45, 7) is 13.0. The zero-order chi connectivity index (χ0) is 22.6. The maximum Gasteiger partial charge on any atom is 0.0696 e. The predicted octanol–water partition coefficient (Wildman–Crippen LogP) is 8.99. The Morgan fingerprint density at radius 3 is 2.71 bits per heavy atom. The van der Waals surface area contributed by atoms with Crippen LogP contribution in [0.25, 0.3) is 0 Å². The molecule has 0 aromatic carbocycles. The molecule has 0 N–H and O–H groups in total. The standard InChI is InChI=1S/C30H45N/c1-7-10-14-25(8-2)18-19-26-15-12-16-27(21-26)22-30(23(4)5)31-29(9-3)28-17-11-13-24(6)20-28/h1,9,17,20,25-27H,3,8,10-16,18-19,21-22H2,2,4-6H3. The van der Waals surface area contributed by atoms with Crippen LogP contribution in [0.5, 0.6) is 0 Å². The third-order valence-electron chi connectivity index (χ3n) is 7.26. The fourth-order valence-electron chi connectivity index (χ4n) is 5.20. The molecule has 2 aliphatic rings. The molecule has 3 unspecified atom stereocenters. The molecule has 0 heterocycles.